The van der Waals surface area contributed by atoms with Crippen molar-refractivity contribution in [1.82, 2.24) is 24.9 Å². The minimum atomic E-state index is -0.594. The van der Waals surface area contributed by atoms with Gasteiger partial charge in [-0.05, 0) is 17.2 Å². The van der Waals surface area contributed by atoms with Gasteiger partial charge in [-0.25, -0.2) is 14.4 Å². The molecule has 3 N–H and O–H groups in total. The number of hydrogen-bond donors (Lipinski definition) is 2. The van der Waals surface area contributed by atoms with E-state index in [-0.39, 0.29) is 29.9 Å². The maximum absolute atomic E-state index is 14.2. The van der Waals surface area contributed by atoms with Crippen LogP contribution in [0.4, 0.5) is 15.9 Å². The van der Waals surface area contributed by atoms with E-state index in [0.29, 0.717) is 28.3 Å². The van der Waals surface area contributed by atoms with Crippen LogP contribution in [0.15, 0.2) is 53.4 Å². The maximum Gasteiger partial charge on any atom is 0.207 e. The highest BCUT2D eigenvalue weighted by Crippen LogP contribution is 2.27. The summed E-state index contributed by atoms with van der Waals surface area (Å²) in [5, 5.41) is 10.6. The number of halogens is 1. The molecule has 0 fully saturated rings. The molecule has 3 aromatic heterocycles. The van der Waals surface area contributed by atoms with Crippen LogP contribution in [0.2, 0.25) is 5.11 Å². The van der Waals surface area contributed by atoms with Crippen molar-refractivity contribution in [3.05, 3.63) is 60.2 Å². The molecule has 158 valence electrons. The van der Waals surface area contributed by atoms with E-state index in [4.69, 9.17) is 10.3 Å². The Morgan fingerprint density at radius 2 is 2.00 bits per heavy atom. The molecule has 0 bridgehead atoms. The van der Waals surface area contributed by atoms with Gasteiger partial charge in [-0.1, -0.05) is 23.4 Å². The number of benzene rings is 1. The summed E-state index contributed by atoms with van der Waals surface area (Å²) in [7, 11) is 5.38. The summed E-state index contributed by atoms with van der Waals surface area (Å²) in [5.74, 6) is -0.175. The number of nitrogens with two attached hydrogens (primary N) is 1. The highest BCUT2D eigenvalue weighted by molar-refractivity contribution is 6.69. The second kappa shape index (κ2) is 8.33. The molecule has 1 amide bonds. The molecule has 0 radical (unpaired) electrons. The fraction of sp³-hybridized carbons (Fsp3) is 0.105. The fourth-order valence-corrected chi connectivity index (χ4v) is 2.91. The number of nitrogen functional groups attached to an aromatic ring is 1. The molecule has 0 saturated heterocycles. The van der Waals surface area contributed by atoms with E-state index in [0.717, 1.165) is 0 Å². The van der Waals surface area contributed by atoms with E-state index in [1.165, 1.54) is 18.5 Å². The predicted molar refractivity (Wildman–Crippen MR) is 126 cm³/mol. The van der Waals surface area contributed by atoms with Crippen LogP contribution in [0.25, 0.3) is 22.9 Å². The summed E-state index contributed by atoms with van der Waals surface area (Å²) in [6, 6.07) is 9.86. The molecule has 9 nitrogen and oxygen atoms in total. The van der Waals surface area contributed by atoms with Gasteiger partial charge in [-0.3, -0.25) is 9.48 Å². The lowest BCUT2D eigenvalue weighted by Gasteiger charge is -2.18. The van der Waals surface area contributed by atoms with E-state index in [1.54, 1.807) is 58.6 Å². The number of carbonyl (C=O) groups excluding carboxylic acids is 1. The zero-order valence-electron chi connectivity index (χ0n) is 17.8. The number of carbonyl (C=O) groups is 1. The van der Waals surface area contributed by atoms with Gasteiger partial charge in [0.25, 0.3) is 0 Å². The Morgan fingerprint density at radius 1 is 1.22 bits per heavy atom. The van der Waals surface area contributed by atoms with Crippen LogP contribution in [0.3, 0.4) is 0 Å². The van der Waals surface area contributed by atoms with Gasteiger partial charge in [0, 0.05) is 11.6 Å². The van der Waals surface area contributed by atoms with Crippen molar-refractivity contribution < 1.29 is 13.7 Å². The van der Waals surface area contributed by atoms with Gasteiger partial charge in [0.1, 0.15) is 52.7 Å². The van der Waals surface area contributed by atoms with Crippen LogP contribution >= 0.6 is 0 Å². The first kappa shape index (κ1) is 21.4. The van der Waals surface area contributed by atoms with Crippen LogP contribution in [0.1, 0.15) is 5.56 Å². The average Bonchev–Trinajstić information content (AvgIpc) is 3.40. The Morgan fingerprint density at radius 3 is 2.66 bits per heavy atom. The second-order valence-electron chi connectivity index (χ2n) is 8.25. The molecule has 4 aromatic rings. The number of amides is 1. The lowest BCUT2D eigenvalue weighted by atomic mass is 9.42. The maximum atomic E-state index is 14.2. The molecule has 1 aromatic carbocycles. The summed E-state index contributed by atoms with van der Waals surface area (Å²) in [5.41, 5.74) is 8.38. The van der Waals surface area contributed by atoms with Crippen molar-refractivity contribution in [2.24, 2.45) is 0 Å². The van der Waals surface area contributed by atoms with E-state index < -0.39 is 5.11 Å². The van der Waals surface area contributed by atoms with E-state index in [9.17, 15) is 9.18 Å². The largest absolute Gasteiger partial charge is 0.382 e. The lowest BCUT2D eigenvalue weighted by molar-refractivity contribution is -0.115. The number of hydrogen-bond acceptors (Lipinski definition) is 7. The molecular weight excluding hydrogens is 410 g/mol. The zero-order valence-corrected chi connectivity index (χ0v) is 17.8. The van der Waals surface area contributed by atoms with Gasteiger partial charge in [0.2, 0.25) is 5.91 Å². The molecular formula is C19H19B3FN7O2. The van der Waals surface area contributed by atoms with E-state index in [2.05, 4.69) is 25.5 Å². The SMILES string of the molecule is BC(B)(B)C(=O)Nc1cnc(-c2cc(-c3ccon3)n(Cc3ccccc3F)n2)nc1N. The highest BCUT2D eigenvalue weighted by Gasteiger charge is 2.23. The molecule has 32 heavy (non-hydrogen) atoms. The molecule has 0 aliphatic carbocycles. The van der Waals surface area contributed by atoms with Crippen molar-refractivity contribution in [1.29, 1.82) is 0 Å². The van der Waals surface area contributed by atoms with Gasteiger partial charge in [-0.2, -0.15) is 5.10 Å². The van der Waals surface area contributed by atoms with Gasteiger partial charge >= 0.3 is 0 Å². The minimum Gasteiger partial charge on any atom is -0.382 e. The molecule has 0 aliphatic rings. The van der Waals surface area contributed by atoms with Crippen LogP contribution in [0, 0.1) is 5.82 Å². The highest BCUT2D eigenvalue weighted by atomic mass is 19.1. The summed E-state index contributed by atoms with van der Waals surface area (Å²) in [6.07, 6.45) is 2.88. The van der Waals surface area contributed by atoms with E-state index >= 15 is 0 Å². The Bertz CT molecular complexity index is 1270. The molecule has 0 aliphatic heterocycles. The quantitative estimate of drug-likeness (QED) is 0.403. The van der Waals surface area contributed by atoms with Gasteiger partial charge in [0.05, 0.1) is 18.4 Å². The first-order valence-electron chi connectivity index (χ1n) is 9.89. The van der Waals surface area contributed by atoms with Gasteiger partial charge in [0.15, 0.2) is 11.6 Å². The molecule has 4 rings (SSSR count). The van der Waals surface area contributed by atoms with E-state index in [1.807, 2.05) is 0 Å². The fourth-order valence-electron chi connectivity index (χ4n) is 2.91. The summed E-state index contributed by atoms with van der Waals surface area (Å²) in [4.78, 5) is 20.8. The summed E-state index contributed by atoms with van der Waals surface area (Å²) in [6.45, 7) is 0.171. The molecule has 0 spiro atoms. The smallest absolute Gasteiger partial charge is 0.207 e. The van der Waals surface area contributed by atoms with Crippen molar-refractivity contribution in [3.8, 4) is 22.9 Å². The van der Waals surface area contributed by atoms with Gasteiger partial charge < -0.3 is 15.6 Å². The van der Waals surface area contributed by atoms with Crippen LogP contribution in [0.5, 0.6) is 0 Å². The monoisotopic (exact) mass is 429 g/mol. The minimum absolute atomic E-state index is 0.110. The number of nitrogens with zero attached hydrogens (tertiary/aromatic N) is 5. The lowest BCUT2D eigenvalue weighted by Crippen LogP contribution is -2.31. The third-order valence-electron chi connectivity index (χ3n) is 4.73. The average molecular weight is 429 g/mol. The predicted octanol–water partition coefficient (Wildman–Crippen LogP) is -0.324. The number of nitrogens with one attached hydrogen (secondary N) is 1. The molecule has 0 unspecified atom stereocenters. The molecule has 0 saturated carbocycles. The Labute approximate surface area is 185 Å². The Hall–Kier alpha value is -3.89. The Kier molecular flexibility index (Phi) is 5.56. The number of aromatic nitrogens is 5. The standard InChI is InChI=1S/C19H19B3FN7O2/c20-19(21,22)18(31)26-14-8-25-17(27-16(14)24)13-7-15(12-5-6-32-29-12)30(28-13)9-10-3-1-2-4-11(10)23/h1-8H,9,20-22H2,(H,26,31)(H2,24,25,27). The topological polar surface area (TPSA) is 125 Å². The summed E-state index contributed by atoms with van der Waals surface area (Å²) < 4.78 is 20.8. The van der Waals surface area contributed by atoms with Gasteiger partial charge in [-0.15, -0.1) is 0 Å². The van der Waals surface area contributed by atoms with Crippen LogP contribution in [-0.2, 0) is 11.3 Å². The summed E-state index contributed by atoms with van der Waals surface area (Å²) >= 11 is 0. The van der Waals surface area contributed by atoms with Crippen molar-refractivity contribution >= 4 is 41.0 Å². The first-order valence-corrected chi connectivity index (χ1v) is 9.89. The number of rotatable bonds is 6. The van der Waals surface area contributed by atoms with Crippen LogP contribution in [-0.4, -0.2) is 54.4 Å². The van der Waals surface area contributed by atoms with Crippen molar-refractivity contribution in [3.63, 3.8) is 0 Å². The molecule has 3 heterocycles. The van der Waals surface area contributed by atoms with Crippen LogP contribution < -0.4 is 11.1 Å². The number of anilines is 2. The zero-order chi connectivity index (χ0) is 22.9. The molecule has 0 atom stereocenters. The normalized spacial score (nSPS) is 11.4. The van der Waals surface area contributed by atoms with Crippen molar-refractivity contribution in [2.45, 2.75) is 11.7 Å². The first-order chi connectivity index (χ1) is 15.2. The van der Waals surface area contributed by atoms with Crippen molar-refractivity contribution in [2.75, 3.05) is 11.1 Å². The third-order valence-corrected chi connectivity index (χ3v) is 4.73. The molecule has 13 heteroatoms. The third kappa shape index (κ3) is 4.41. The Balaban J connectivity index is 1.69. The second-order valence-corrected chi connectivity index (χ2v) is 8.25.